The highest BCUT2D eigenvalue weighted by Crippen LogP contribution is 2.40. The van der Waals surface area contributed by atoms with Crippen LogP contribution in [0.15, 0.2) is 0 Å². The van der Waals surface area contributed by atoms with E-state index in [1.165, 1.54) is 64.6 Å². The van der Waals surface area contributed by atoms with Crippen LogP contribution >= 0.6 is 0 Å². The van der Waals surface area contributed by atoms with Crippen molar-refractivity contribution in [1.82, 2.24) is 10.2 Å². The average Bonchev–Trinajstić information content (AvgIpc) is 2.85. The maximum atomic E-state index is 4.05. The third kappa shape index (κ3) is 3.06. The van der Waals surface area contributed by atoms with E-state index in [0.29, 0.717) is 5.41 Å². The third-order valence-electron chi connectivity index (χ3n) is 6.83. The van der Waals surface area contributed by atoms with Crippen molar-refractivity contribution in [3.63, 3.8) is 0 Å². The monoisotopic (exact) mass is 278 g/mol. The van der Waals surface area contributed by atoms with Gasteiger partial charge in [0.05, 0.1) is 0 Å². The average molecular weight is 278 g/mol. The summed E-state index contributed by atoms with van der Waals surface area (Å²) in [4.78, 5) is 2.66. The normalized spacial score (nSPS) is 41.9. The van der Waals surface area contributed by atoms with E-state index in [-0.39, 0.29) is 0 Å². The van der Waals surface area contributed by atoms with Crippen LogP contribution in [0.5, 0.6) is 0 Å². The fourth-order valence-electron chi connectivity index (χ4n) is 4.80. The van der Waals surface area contributed by atoms with Crippen molar-refractivity contribution in [1.29, 1.82) is 0 Å². The number of fused-ring (bicyclic) bond motifs is 2. The molecule has 3 rings (SSSR count). The molecule has 3 fully saturated rings. The Bertz CT molecular complexity index is 317. The van der Waals surface area contributed by atoms with Crippen LogP contribution in [0, 0.1) is 17.3 Å². The summed E-state index contributed by atoms with van der Waals surface area (Å²) in [6.45, 7) is 11.4. The number of rotatable bonds is 4. The van der Waals surface area contributed by atoms with Gasteiger partial charge in [-0.05, 0) is 68.9 Å². The molecular formula is C18H34N2. The first-order valence-corrected chi connectivity index (χ1v) is 9.07. The standard InChI is InChI=1S/C18H34N2/c1-4-18(2,3)15-5-7-16(8-6-15)19-17-10-12-20-11-9-14(17)13-20/h14-17,19H,4-13H2,1-3H3. The Hall–Kier alpha value is -0.0800. The predicted octanol–water partition coefficient (Wildman–Crippen LogP) is 3.67. The van der Waals surface area contributed by atoms with Crippen molar-refractivity contribution in [3.8, 4) is 0 Å². The first kappa shape index (κ1) is 14.8. The molecule has 0 aromatic rings. The molecule has 0 spiro atoms. The summed E-state index contributed by atoms with van der Waals surface area (Å²) in [6, 6.07) is 1.64. The lowest BCUT2D eigenvalue weighted by Gasteiger charge is -2.41. The van der Waals surface area contributed by atoms with Crippen LogP contribution in [-0.2, 0) is 0 Å². The summed E-state index contributed by atoms with van der Waals surface area (Å²) in [5.41, 5.74) is 0.557. The van der Waals surface area contributed by atoms with E-state index >= 15 is 0 Å². The SMILES string of the molecule is CCC(C)(C)C1CCC(NC2CCN3CCC2C3)CC1. The minimum atomic E-state index is 0.557. The molecule has 0 aromatic heterocycles. The molecule has 3 atom stereocenters. The zero-order chi connectivity index (χ0) is 14.2. The summed E-state index contributed by atoms with van der Waals surface area (Å²) >= 11 is 0. The molecule has 0 radical (unpaired) electrons. The van der Waals surface area contributed by atoms with Crippen molar-refractivity contribution in [3.05, 3.63) is 0 Å². The second-order valence-electron chi connectivity index (χ2n) is 8.30. The first-order chi connectivity index (χ1) is 9.58. The molecule has 2 nitrogen and oxygen atoms in total. The van der Waals surface area contributed by atoms with Crippen molar-refractivity contribution >= 4 is 0 Å². The lowest BCUT2D eigenvalue weighted by molar-refractivity contribution is 0.124. The highest BCUT2D eigenvalue weighted by atomic mass is 15.2. The Balaban J connectivity index is 1.47. The smallest absolute Gasteiger partial charge is 0.0123 e. The Morgan fingerprint density at radius 3 is 2.40 bits per heavy atom. The Morgan fingerprint density at radius 2 is 1.70 bits per heavy atom. The largest absolute Gasteiger partial charge is 0.311 e. The van der Waals surface area contributed by atoms with Crippen molar-refractivity contribution in [2.45, 2.75) is 77.8 Å². The number of piperidine rings is 1. The van der Waals surface area contributed by atoms with Gasteiger partial charge in [0.15, 0.2) is 0 Å². The molecule has 1 aliphatic carbocycles. The van der Waals surface area contributed by atoms with Crippen LogP contribution in [0.1, 0.15) is 65.7 Å². The van der Waals surface area contributed by atoms with Gasteiger partial charge in [0.1, 0.15) is 0 Å². The molecule has 2 bridgehead atoms. The first-order valence-electron chi connectivity index (χ1n) is 9.07. The van der Waals surface area contributed by atoms with Crippen LogP contribution in [0.2, 0.25) is 0 Å². The molecule has 20 heavy (non-hydrogen) atoms. The molecule has 3 unspecified atom stereocenters. The van der Waals surface area contributed by atoms with E-state index in [1.807, 2.05) is 0 Å². The van der Waals surface area contributed by atoms with Gasteiger partial charge in [-0.3, -0.25) is 0 Å². The summed E-state index contributed by atoms with van der Waals surface area (Å²) in [5.74, 6) is 1.91. The number of nitrogens with one attached hydrogen (secondary N) is 1. The number of nitrogens with zero attached hydrogens (tertiary/aromatic N) is 1. The molecule has 2 aliphatic heterocycles. The van der Waals surface area contributed by atoms with Gasteiger partial charge in [-0.2, -0.15) is 0 Å². The maximum Gasteiger partial charge on any atom is 0.0123 e. The van der Waals surface area contributed by atoms with Gasteiger partial charge < -0.3 is 10.2 Å². The zero-order valence-electron chi connectivity index (χ0n) is 13.8. The summed E-state index contributed by atoms with van der Waals surface area (Å²) in [7, 11) is 0. The van der Waals surface area contributed by atoms with Gasteiger partial charge in [0.2, 0.25) is 0 Å². The fourth-order valence-corrected chi connectivity index (χ4v) is 4.80. The molecule has 1 saturated carbocycles. The lowest BCUT2D eigenvalue weighted by atomic mass is 9.69. The molecule has 2 saturated heterocycles. The van der Waals surface area contributed by atoms with Gasteiger partial charge in [0, 0.05) is 18.6 Å². The summed E-state index contributed by atoms with van der Waals surface area (Å²) < 4.78 is 0. The molecule has 1 N–H and O–H groups in total. The van der Waals surface area contributed by atoms with Gasteiger partial charge in [-0.15, -0.1) is 0 Å². The van der Waals surface area contributed by atoms with Crippen LogP contribution in [0.25, 0.3) is 0 Å². The maximum absolute atomic E-state index is 4.05. The van der Waals surface area contributed by atoms with Gasteiger partial charge in [-0.25, -0.2) is 0 Å². The van der Waals surface area contributed by atoms with Crippen LogP contribution in [-0.4, -0.2) is 36.6 Å². The molecular weight excluding hydrogens is 244 g/mol. The molecule has 3 aliphatic rings. The van der Waals surface area contributed by atoms with Gasteiger partial charge in [-0.1, -0.05) is 27.2 Å². The van der Waals surface area contributed by atoms with E-state index in [1.54, 1.807) is 0 Å². The topological polar surface area (TPSA) is 15.3 Å². The summed E-state index contributed by atoms with van der Waals surface area (Å²) in [6.07, 6.45) is 9.89. The third-order valence-corrected chi connectivity index (χ3v) is 6.83. The zero-order valence-corrected chi connectivity index (χ0v) is 13.8. The summed E-state index contributed by atoms with van der Waals surface area (Å²) in [5, 5.41) is 4.05. The van der Waals surface area contributed by atoms with Crippen LogP contribution in [0.3, 0.4) is 0 Å². The van der Waals surface area contributed by atoms with Crippen molar-refractivity contribution in [2.75, 3.05) is 19.6 Å². The van der Waals surface area contributed by atoms with E-state index in [0.717, 1.165) is 23.9 Å². The van der Waals surface area contributed by atoms with Gasteiger partial charge in [0.25, 0.3) is 0 Å². The van der Waals surface area contributed by atoms with Crippen molar-refractivity contribution < 1.29 is 0 Å². The lowest BCUT2D eigenvalue weighted by Crippen LogP contribution is -2.49. The van der Waals surface area contributed by atoms with E-state index in [9.17, 15) is 0 Å². The van der Waals surface area contributed by atoms with Gasteiger partial charge >= 0.3 is 0 Å². The highest BCUT2D eigenvalue weighted by molar-refractivity contribution is 4.93. The molecule has 116 valence electrons. The Labute approximate surface area is 125 Å². The van der Waals surface area contributed by atoms with Crippen molar-refractivity contribution in [2.24, 2.45) is 17.3 Å². The second kappa shape index (κ2) is 5.96. The van der Waals surface area contributed by atoms with E-state index < -0.39 is 0 Å². The molecule has 2 heteroatoms. The molecule has 0 aromatic carbocycles. The minimum Gasteiger partial charge on any atom is -0.311 e. The number of hydrogen-bond acceptors (Lipinski definition) is 2. The quantitative estimate of drug-likeness (QED) is 0.844. The predicted molar refractivity (Wildman–Crippen MR) is 85.9 cm³/mol. The molecule has 2 heterocycles. The highest BCUT2D eigenvalue weighted by Gasteiger charge is 2.37. The minimum absolute atomic E-state index is 0.557. The fraction of sp³-hybridized carbons (Fsp3) is 1.00. The molecule has 0 amide bonds. The van der Waals surface area contributed by atoms with Crippen LogP contribution < -0.4 is 5.32 Å². The van der Waals surface area contributed by atoms with E-state index in [4.69, 9.17) is 0 Å². The Morgan fingerprint density at radius 1 is 1.00 bits per heavy atom. The van der Waals surface area contributed by atoms with E-state index in [2.05, 4.69) is 31.0 Å². The van der Waals surface area contributed by atoms with Crippen LogP contribution in [0.4, 0.5) is 0 Å². The second-order valence-corrected chi connectivity index (χ2v) is 8.30. The number of hydrogen-bond donors (Lipinski definition) is 1. The Kier molecular flexibility index (Phi) is 4.42.